The molecule has 5 heteroatoms. The SMILES string of the molecule is COCOc1ccccc1-c1ccc(-c2ccc(OC(=O)O)cc2)cc1-c1ccc2c(c1)C(C)(C)CCC2(C)C. The number of para-hydroxylation sites is 1. The van der Waals surface area contributed by atoms with Crippen LogP contribution < -0.4 is 9.47 Å². The van der Waals surface area contributed by atoms with E-state index in [1.165, 1.54) is 17.5 Å². The highest BCUT2D eigenvalue weighted by molar-refractivity contribution is 5.89. The van der Waals surface area contributed by atoms with Crippen LogP contribution in [0.5, 0.6) is 11.5 Å². The van der Waals surface area contributed by atoms with Gasteiger partial charge in [-0.15, -0.1) is 0 Å². The molecule has 4 aromatic rings. The second-order valence-corrected chi connectivity index (χ2v) is 11.7. The molecule has 1 aliphatic rings. The minimum atomic E-state index is -1.33. The minimum absolute atomic E-state index is 0.0814. The Kier molecular flexibility index (Phi) is 7.43. The molecule has 206 valence electrons. The number of benzene rings is 4. The Morgan fingerprint density at radius 1 is 0.725 bits per heavy atom. The van der Waals surface area contributed by atoms with Gasteiger partial charge in [0.25, 0.3) is 0 Å². The van der Waals surface area contributed by atoms with Crippen molar-refractivity contribution in [2.75, 3.05) is 13.9 Å². The summed E-state index contributed by atoms with van der Waals surface area (Å²) in [5, 5.41) is 8.94. The van der Waals surface area contributed by atoms with E-state index < -0.39 is 6.16 Å². The summed E-state index contributed by atoms with van der Waals surface area (Å²) in [6.07, 6.45) is 0.980. The second kappa shape index (κ2) is 10.8. The standard InChI is InChI=1S/C35H36O5/c1-34(2)18-19-35(3,4)31-21-25(13-17-30(31)34)29-20-24(23-10-14-26(15-11-23)40-33(36)37)12-16-27(29)28-8-6-7-9-32(28)39-22-38-5/h6-17,20-21H,18-19,22H2,1-5H3,(H,36,37). The topological polar surface area (TPSA) is 65.0 Å². The van der Waals surface area contributed by atoms with Crippen LogP contribution in [0.4, 0.5) is 4.79 Å². The van der Waals surface area contributed by atoms with Gasteiger partial charge in [-0.05, 0) is 86.9 Å². The van der Waals surface area contributed by atoms with Gasteiger partial charge in [0, 0.05) is 12.7 Å². The number of fused-ring (bicyclic) bond motifs is 1. The van der Waals surface area contributed by atoms with E-state index in [2.05, 4.69) is 70.2 Å². The highest BCUT2D eigenvalue weighted by Gasteiger charge is 2.37. The number of ether oxygens (including phenoxy) is 3. The summed E-state index contributed by atoms with van der Waals surface area (Å²) in [7, 11) is 1.62. The summed E-state index contributed by atoms with van der Waals surface area (Å²) in [6.45, 7) is 9.53. The van der Waals surface area contributed by atoms with E-state index in [4.69, 9.17) is 19.3 Å². The van der Waals surface area contributed by atoms with Crippen molar-refractivity contribution in [3.05, 3.63) is 96.1 Å². The Morgan fingerprint density at radius 3 is 2.08 bits per heavy atom. The monoisotopic (exact) mass is 536 g/mol. The van der Waals surface area contributed by atoms with E-state index in [-0.39, 0.29) is 23.4 Å². The predicted molar refractivity (Wildman–Crippen MR) is 159 cm³/mol. The second-order valence-electron chi connectivity index (χ2n) is 11.7. The quantitative estimate of drug-likeness (QED) is 0.145. The Labute approximate surface area is 236 Å². The first-order chi connectivity index (χ1) is 19.1. The Morgan fingerprint density at radius 2 is 1.38 bits per heavy atom. The summed E-state index contributed by atoms with van der Waals surface area (Å²) >= 11 is 0. The van der Waals surface area contributed by atoms with Gasteiger partial charge in [0.2, 0.25) is 0 Å². The largest absolute Gasteiger partial charge is 0.511 e. The first-order valence-electron chi connectivity index (χ1n) is 13.6. The number of rotatable bonds is 7. The van der Waals surface area contributed by atoms with E-state index in [0.29, 0.717) is 0 Å². The van der Waals surface area contributed by atoms with Crippen LogP contribution in [0.25, 0.3) is 33.4 Å². The van der Waals surface area contributed by atoms with E-state index in [1.54, 1.807) is 19.2 Å². The molecular weight excluding hydrogens is 500 g/mol. The van der Waals surface area contributed by atoms with Crippen LogP contribution in [0.15, 0.2) is 84.9 Å². The molecule has 5 rings (SSSR count). The van der Waals surface area contributed by atoms with E-state index in [9.17, 15) is 4.79 Å². The lowest BCUT2D eigenvalue weighted by Crippen LogP contribution is -2.33. The Bertz CT molecular complexity index is 1530. The average molecular weight is 537 g/mol. The van der Waals surface area contributed by atoms with Gasteiger partial charge in [0.1, 0.15) is 11.5 Å². The molecule has 0 heterocycles. The molecule has 0 bridgehead atoms. The van der Waals surface area contributed by atoms with Crippen molar-refractivity contribution < 1.29 is 24.1 Å². The molecule has 0 saturated heterocycles. The maximum Gasteiger partial charge on any atom is 0.511 e. The molecule has 0 amide bonds. The third kappa shape index (κ3) is 5.47. The molecule has 0 radical (unpaired) electrons. The van der Waals surface area contributed by atoms with E-state index >= 15 is 0 Å². The lowest BCUT2D eigenvalue weighted by molar-refractivity contribution is 0.0515. The molecule has 0 saturated carbocycles. The third-order valence-electron chi connectivity index (χ3n) is 8.09. The van der Waals surface area contributed by atoms with E-state index in [1.807, 2.05) is 30.3 Å². The smallest absolute Gasteiger partial charge is 0.467 e. The van der Waals surface area contributed by atoms with Crippen LogP contribution in [-0.2, 0) is 15.6 Å². The van der Waals surface area contributed by atoms with Crippen molar-refractivity contribution in [1.82, 2.24) is 0 Å². The van der Waals surface area contributed by atoms with Gasteiger partial charge in [-0.1, -0.05) is 88.4 Å². The average Bonchev–Trinajstić information content (AvgIpc) is 2.94. The highest BCUT2D eigenvalue weighted by Crippen LogP contribution is 2.48. The number of carboxylic acid groups (broad SMARTS) is 1. The van der Waals surface area contributed by atoms with Gasteiger partial charge in [0.15, 0.2) is 6.79 Å². The lowest BCUT2D eigenvalue weighted by atomic mass is 9.63. The molecule has 1 aliphatic carbocycles. The van der Waals surface area contributed by atoms with Crippen molar-refractivity contribution in [2.45, 2.75) is 51.4 Å². The summed E-state index contributed by atoms with van der Waals surface area (Å²) < 4.78 is 16.0. The Hall–Kier alpha value is -4.09. The van der Waals surface area contributed by atoms with Crippen molar-refractivity contribution in [3.63, 3.8) is 0 Å². The first kappa shape index (κ1) is 27.5. The summed E-state index contributed by atoms with van der Waals surface area (Å²) in [5.74, 6) is 1.05. The molecule has 0 spiro atoms. The van der Waals surface area contributed by atoms with Crippen molar-refractivity contribution in [1.29, 1.82) is 0 Å². The maximum absolute atomic E-state index is 10.9. The molecule has 4 aromatic carbocycles. The lowest BCUT2D eigenvalue weighted by Gasteiger charge is -2.42. The van der Waals surface area contributed by atoms with Crippen LogP contribution in [0.2, 0.25) is 0 Å². The van der Waals surface area contributed by atoms with Crippen LogP contribution >= 0.6 is 0 Å². The zero-order valence-electron chi connectivity index (χ0n) is 23.8. The normalized spacial score (nSPS) is 15.2. The molecule has 0 fully saturated rings. The van der Waals surface area contributed by atoms with Crippen molar-refractivity contribution >= 4 is 6.16 Å². The molecule has 1 N–H and O–H groups in total. The number of hydrogen-bond acceptors (Lipinski definition) is 4. The first-order valence-corrected chi connectivity index (χ1v) is 13.6. The zero-order valence-corrected chi connectivity index (χ0v) is 23.8. The summed E-state index contributed by atoms with van der Waals surface area (Å²) in [5.41, 5.74) is 9.32. The fourth-order valence-electron chi connectivity index (χ4n) is 5.71. The van der Waals surface area contributed by atoms with Gasteiger partial charge < -0.3 is 19.3 Å². The maximum atomic E-state index is 10.9. The van der Waals surface area contributed by atoms with Crippen molar-refractivity contribution in [2.24, 2.45) is 0 Å². The van der Waals surface area contributed by atoms with Gasteiger partial charge in [-0.3, -0.25) is 0 Å². The molecule has 5 nitrogen and oxygen atoms in total. The fourth-order valence-corrected chi connectivity index (χ4v) is 5.71. The third-order valence-corrected chi connectivity index (χ3v) is 8.09. The predicted octanol–water partition coefficient (Wildman–Crippen LogP) is 9.08. The van der Waals surface area contributed by atoms with Gasteiger partial charge in [-0.2, -0.15) is 0 Å². The van der Waals surface area contributed by atoms with Crippen LogP contribution in [0.1, 0.15) is 51.7 Å². The van der Waals surface area contributed by atoms with Crippen LogP contribution in [-0.4, -0.2) is 25.2 Å². The zero-order chi connectivity index (χ0) is 28.5. The molecule has 40 heavy (non-hydrogen) atoms. The summed E-state index contributed by atoms with van der Waals surface area (Å²) in [6, 6.07) is 28.5. The fraction of sp³-hybridized carbons (Fsp3) is 0.286. The van der Waals surface area contributed by atoms with Gasteiger partial charge >= 0.3 is 6.16 Å². The number of hydrogen-bond donors (Lipinski definition) is 1. The highest BCUT2D eigenvalue weighted by atomic mass is 16.7. The van der Waals surface area contributed by atoms with Crippen molar-refractivity contribution in [3.8, 4) is 44.9 Å². The molecule has 0 unspecified atom stereocenters. The minimum Gasteiger partial charge on any atom is -0.467 e. The van der Waals surface area contributed by atoms with E-state index in [0.717, 1.165) is 45.6 Å². The van der Waals surface area contributed by atoms with Gasteiger partial charge in [-0.25, -0.2) is 4.79 Å². The molecule has 0 aliphatic heterocycles. The molecular formula is C35H36O5. The molecule has 0 aromatic heterocycles. The van der Waals surface area contributed by atoms with Crippen LogP contribution in [0.3, 0.4) is 0 Å². The number of carbonyl (C=O) groups is 1. The summed E-state index contributed by atoms with van der Waals surface area (Å²) in [4.78, 5) is 10.9. The van der Waals surface area contributed by atoms with Gasteiger partial charge in [0.05, 0.1) is 0 Å². The molecule has 0 atom stereocenters. The Balaban J connectivity index is 1.68. The number of methoxy groups -OCH3 is 1. The van der Waals surface area contributed by atoms with Crippen LogP contribution in [0, 0.1) is 0 Å².